The SMILES string of the molecule is CCc1cc(N)ccc1N1CCN(CC)CC1. The Hall–Kier alpha value is -1.22. The number of benzene rings is 1. The molecule has 1 aromatic rings. The molecule has 1 fully saturated rings. The highest BCUT2D eigenvalue weighted by Crippen LogP contribution is 2.24. The predicted molar refractivity (Wildman–Crippen MR) is 74.6 cm³/mol. The lowest BCUT2D eigenvalue weighted by atomic mass is 10.1. The summed E-state index contributed by atoms with van der Waals surface area (Å²) in [6, 6.07) is 6.30. The van der Waals surface area contributed by atoms with E-state index in [1.807, 2.05) is 6.07 Å². The molecule has 3 heteroatoms. The molecule has 2 rings (SSSR count). The molecule has 1 aromatic carbocycles. The van der Waals surface area contributed by atoms with Crippen LogP contribution in [0.15, 0.2) is 18.2 Å². The summed E-state index contributed by atoms with van der Waals surface area (Å²) in [5.74, 6) is 0. The maximum absolute atomic E-state index is 5.85. The molecule has 3 nitrogen and oxygen atoms in total. The number of hydrogen-bond acceptors (Lipinski definition) is 3. The van der Waals surface area contributed by atoms with Crippen LogP contribution in [0.5, 0.6) is 0 Å². The van der Waals surface area contributed by atoms with Gasteiger partial charge in [-0.2, -0.15) is 0 Å². The molecular weight excluding hydrogens is 210 g/mol. The van der Waals surface area contributed by atoms with Crippen LogP contribution in [0.2, 0.25) is 0 Å². The maximum Gasteiger partial charge on any atom is 0.0401 e. The van der Waals surface area contributed by atoms with Gasteiger partial charge in [-0.1, -0.05) is 13.8 Å². The van der Waals surface area contributed by atoms with E-state index >= 15 is 0 Å². The van der Waals surface area contributed by atoms with E-state index in [0.717, 1.165) is 31.7 Å². The number of anilines is 2. The van der Waals surface area contributed by atoms with E-state index in [1.54, 1.807) is 0 Å². The van der Waals surface area contributed by atoms with Gasteiger partial charge in [0.25, 0.3) is 0 Å². The van der Waals surface area contributed by atoms with Crippen molar-refractivity contribution in [1.29, 1.82) is 0 Å². The zero-order chi connectivity index (χ0) is 12.3. The highest BCUT2D eigenvalue weighted by molar-refractivity contribution is 5.60. The Kier molecular flexibility index (Phi) is 3.89. The van der Waals surface area contributed by atoms with Gasteiger partial charge in [-0.05, 0) is 36.7 Å². The summed E-state index contributed by atoms with van der Waals surface area (Å²) >= 11 is 0. The van der Waals surface area contributed by atoms with Crippen molar-refractivity contribution >= 4 is 11.4 Å². The second kappa shape index (κ2) is 5.41. The van der Waals surface area contributed by atoms with E-state index < -0.39 is 0 Å². The average Bonchev–Trinajstić information content (AvgIpc) is 2.39. The average molecular weight is 233 g/mol. The topological polar surface area (TPSA) is 32.5 Å². The molecule has 0 atom stereocenters. The predicted octanol–water partition coefficient (Wildman–Crippen LogP) is 1.97. The first-order valence-corrected chi connectivity index (χ1v) is 6.60. The van der Waals surface area contributed by atoms with E-state index in [-0.39, 0.29) is 0 Å². The number of rotatable bonds is 3. The van der Waals surface area contributed by atoms with E-state index in [1.165, 1.54) is 24.3 Å². The van der Waals surface area contributed by atoms with Crippen LogP contribution in [0, 0.1) is 0 Å². The third-order valence-electron chi connectivity index (χ3n) is 3.64. The van der Waals surface area contributed by atoms with E-state index in [4.69, 9.17) is 5.73 Å². The number of nitrogen functional groups attached to an aromatic ring is 1. The Morgan fingerprint density at radius 2 is 1.82 bits per heavy atom. The normalized spacial score (nSPS) is 17.4. The number of nitrogens with two attached hydrogens (primary N) is 1. The van der Waals surface area contributed by atoms with Gasteiger partial charge in [-0.3, -0.25) is 0 Å². The van der Waals surface area contributed by atoms with Gasteiger partial charge in [-0.15, -0.1) is 0 Å². The minimum atomic E-state index is 0.873. The fourth-order valence-corrected chi connectivity index (χ4v) is 2.50. The molecule has 0 radical (unpaired) electrons. The molecular formula is C14H23N3. The maximum atomic E-state index is 5.85. The van der Waals surface area contributed by atoms with Crippen molar-refractivity contribution in [2.45, 2.75) is 20.3 Å². The summed E-state index contributed by atoms with van der Waals surface area (Å²) < 4.78 is 0. The molecule has 94 valence electrons. The molecule has 1 aliphatic rings. The second-order valence-electron chi connectivity index (χ2n) is 4.66. The van der Waals surface area contributed by atoms with Crippen molar-refractivity contribution in [3.63, 3.8) is 0 Å². The van der Waals surface area contributed by atoms with Crippen molar-refractivity contribution in [2.24, 2.45) is 0 Å². The van der Waals surface area contributed by atoms with Crippen LogP contribution in [0.1, 0.15) is 19.4 Å². The van der Waals surface area contributed by atoms with E-state index in [0.29, 0.717) is 0 Å². The molecule has 1 heterocycles. The molecule has 0 aliphatic carbocycles. The molecule has 0 aromatic heterocycles. The molecule has 0 amide bonds. The van der Waals surface area contributed by atoms with Crippen LogP contribution in [-0.2, 0) is 6.42 Å². The van der Waals surface area contributed by atoms with Crippen LogP contribution in [0.25, 0.3) is 0 Å². The number of piperazine rings is 1. The molecule has 0 spiro atoms. The lowest BCUT2D eigenvalue weighted by Gasteiger charge is -2.36. The van der Waals surface area contributed by atoms with Crippen molar-refractivity contribution in [1.82, 2.24) is 4.90 Å². The first kappa shape index (κ1) is 12.2. The summed E-state index contributed by atoms with van der Waals surface area (Å²) in [6.45, 7) is 10.2. The van der Waals surface area contributed by atoms with Crippen LogP contribution in [0.4, 0.5) is 11.4 Å². The minimum Gasteiger partial charge on any atom is -0.399 e. The summed E-state index contributed by atoms with van der Waals surface area (Å²) in [5.41, 5.74) is 9.47. The van der Waals surface area contributed by atoms with E-state index in [2.05, 4.69) is 35.8 Å². The van der Waals surface area contributed by atoms with Gasteiger partial charge in [0.15, 0.2) is 0 Å². The highest BCUT2D eigenvalue weighted by Gasteiger charge is 2.17. The quantitative estimate of drug-likeness (QED) is 0.810. The fraction of sp³-hybridized carbons (Fsp3) is 0.571. The number of aryl methyl sites for hydroxylation is 1. The van der Waals surface area contributed by atoms with E-state index in [9.17, 15) is 0 Å². The summed E-state index contributed by atoms with van der Waals surface area (Å²) in [6.07, 6.45) is 1.05. The van der Waals surface area contributed by atoms with Gasteiger partial charge in [0, 0.05) is 37.6 Å². The summed E-state index contributed by atoms with van der Waals surface area (Å²) in [4.78, 5) is 4.99. The smallest absolute Gasteiger partial charge is 0.0401 e. The third-order valence-corrected chi connectivity index (χ3v) is 3.64. The van der Waals surface area contributed by atoms with Crippen LogP contribution in [-0.4, -0.2) is 37.6 Å². The van der Waals surface area contributed by atoms with Gasteiger partial charge in [0.05, 0.1) is 0 Å². The van der Waals surface area contributed by atoms with Crippen molar-refractivity contribution in [2.75, 3.05) is 43.4 Å². The lowest BCUT2D eigenvalue weighted by Crippen LogP contribution is -2.46. The molecule has 17 heavy (non-hydrogen) atoms. The monoisotopic (exact) mass is 233 g/mol. The van der Waals surface area contributed by atoms with Gasteiger partial charge in [0.2, 0.25) is 0 Å². The van der Waals surface area contributed by atoms with Crippen LogP contribution in [0.3, 0.4) is 0 Å². The van der Waals surface area contributed by atoms with Gasteiger partial charge in [0.1, 0.15) is 0 Å². The largest absolute Gasteiger partial charge is 0.399 e. The van der Waals surface area contributed by atoms with Gasteiger partial charge >= 0.3 is 0 Å². The minimum absolute atomic E-state index is 0.873. The highest BCUT2D eigenvalue weighted by atomic mass is 15.3. The molecule has 0 unspecified atom stereocenters. The second-order valence-corrected chi connectivity index (χ2v) is 4.66. The number of nitrogens with zero attached hydrogens (tertiary/aromatic N) is 2. The van der Waals surface area contributed by atoms with Gasteiger partial charge in [-0.25, -0.2) is 0 Å². The lowest BCUT2D eigenvalue weighted by molar-refractivity contribution is 0.271. The Bertz CT molecular complexity index is 368. The first-order valence-electron chi connectivity index (χ1n) is 6.60. The zero-order valence-electron chi connectivity index (χ0n) is 10.9. The van der Waals surface area contributed by atoms with Crippen molar-refractivity contribution < 1.29 is 0 Å². The number of likely N-dealkylation sites (N-methyl/N-ethyl adjacent to an activating group) is 1. The molecule has 1 saturated heterocycles. The third kappa shape index (κ3) is 2.72. The van der Waals surface area contributed by atoms with Crippen molar-refractivity contribution in [3.05, 3.63) is 23.8 Å². The zero-order valence-corrected chi connectivity index (χ0v) is 10.9. The summed E-state index contributed by atoms with van der Waals surface area (Å²) in [7, 11) is 0. The molecule has 0 bridgehead atoms. The fourth-order valence-electron chi connectivity index (χ4n) is 2.50. The standard InChI is InChI=1S/C14H23N3/c1-3-12-11-13(15)5-6-14(12)17-9-7-16(4-2)8-10-17/h5-6,11H,3-4,7-10,15H2,1-2H3. The Morgan fingerprint density at radius 1 is 1.12 bits per heavy atom. The van der Waals surface area contributed by atoms with Crippen LogP contribution < -0.4 is 10.6 Å². The molecule has 2 N–H and O–H groups in total. The molecule has 0 saturated carbocycles. The van der Waals surface area contributed by atoms with Crippen LogP contribution >= 0.6 is 0 Å². The van der Waals surface area contributed by atoms with Gasteiger partial charge < -0.3 is 15.5 Å². The first-order chi connectivity index (χ1) is 8.24. The Balaban J connectivity index is 2.12. The Labute approximate surface area is 104 Å². The Morgan fingerprint density at radius 3 is 2.41 bits per heavy atom. The molecule has 1 aliphatic heterocycles. The summed E-state index contributed by atoms with van der Waals surface area (Å²) in [5, 5.41) is 0. The number of hydrogen-bond donors (Lipinski definition) is 1. The van der Waals surface area contributed by atoms with Crippen molar-refractivity contribution in [3.8, 4) is 0 Å².